The van der Waals surface area contributed by atoms with Gasteiger partial charge in [0.15, 0.2) is 0 Å². The van der Waals surface area contributed by atoms with Crippen LogP contribution in [0.15, 0.2) is 42.5 Å². The molecular weight excluding hydrogens is 234 g/mol. The molecule has 0 amide bonds. The molecule has 0 aliphatic carbocycles. The number of rotatable bonds is 5. The SMILES string of the molecule is COc1c[c]ccc1Cc1ccccc1CN(C)C. The van der Waals surface area contributed by atoms with Gasteiger partial charge in [0, 0.05) is 13.0 Å². The molecule has 0 unspecified atom stereocenters. The van der Waals surface area contributed by atoms with Gasteiger partial charge in [-0.1, -0.05) is 36.4 Å². The molecule has 2 aromatic carbocycles. The highest BCUT2D eigenvalue weighted by atomic mass is 16.5. The van der Waals surface area contributed by atoms with Gasteiger partial charge in [0.1, 0.15) is 5.75 Å². The van der Waals surface area contributed by atoms with Gasteiger partial charge in [-0.05, 0) is 42.9 Å². The third-order valence-electron chi connectivity index (χ3n) is 3.12. The Morgan fingerprint density at radius 1 is 1.05 bits per heavy atom. The van der Waals surface area contributed by atoms with E-state index >= 15 is 0 Å². The van der Waals surface area contributed by atoms with Gasteiger partial charge in [-0.3, -0.25) is 0 Å². The number of hydrogen-bond donors (Lipinski definition) is 0. The van der Waals surface area contributed by atoms with E-state index in [9.17, 15) is 0 Å². The topological polar surface area (TPSA) is 12.5 Å². The second-order valence-corrected chi connectivity index (χ2v) is 4.92. The Hall–Kier alpha value is -1.80. The number of benzene rings is 2. The van der Waals surface area contributed by atoms with Crippen molar-refractivity contribution in [2.24, 2.45) is 0 Å². The summed E-state index contributed by atoms with van der Waals surface area (Å²) in [5, 5.41) is 0. The van der Waals surface area contributed by atoms with Crippen molar-refractivity contribution in [3.05, 3.63) is 65.2 Å². The maximum absolute atomic E-state index is 5.40. The molecule has 0 saturated carbocycles. The van der Waals surface area contributed by atoms with Gasteiger partial charge in [-0.2, -0.15) is 0 Å². The van der Waals surface area contributed by atoms with Gasteiger partial charge in [0.05, 0.1) is 7.11 Å². The van der Waals surface area contributed by atoms with Crippen LogP contribution in [0.3, 0.4) is 0 Å². The van der Waals surface area contributed by atoms with Crippen molar-refractivity contribution in [1.29, 1.82) is 0 Å². The Kier molecular flexibility index (Phi) is 4.58. The summed E-state index contributed by atoms with van der Waals surface area (Å²) in [6.45, 7) is 0.956. The zero-order valence-electron chi connectivity index (χ0n) is 11.8. The van der Waals surface area contributed by atoms with Crippen molar-refractivity contribution >= 4 is 0 Å². The Labute approximate surface area is 115 Å². The first-order valence-corrected chi connectivity index (χ1v) is 6.45. The molecule has 0 atom stereocenters. The molecule has 2 heteroatoms. The first-order chi connectivity index (χ1) is 9.20. The molecule has 0 saturated heterocycles. The van der Waals surface area contributed by atoms with Crippen LogP contribution in [0.1, 0.15) is 16.7 Å². The summed E-state index contributed by atoms with van der Waals surface area (Å²) in [6.07, 6.45) is 0.891. The van der Waals surface area contributed by atoms with Gasteiger partial charge >= 0.3 is 0 Å². The number of hydrogen-bond acceptors (Lipinski definition) is 2. The number of nitrogens with zero attached hydrogens (tertiary/aromatic N) is 1. The normalized spacial score (nSPS) is 10.7. The Morgan fingerprint density at radius 2 is 1.79 bits per heavy atom. The van der Waals surface area contributed by atoms with Crippen molar-refractivity contribution in [3.8, 4) is 5.75 Å². The lowest BCUT2D eigenvalue weighted by molar-refractivity contribution is 0.400. The van der Waals surface area contributed by atoms with Crippen molar-refractivity contribution in [2.45, 2.75) is 13.0 Å². The smallest absolute Gasteiger partial charge is 0.123 e. The fourth-order valence-electron chi connectivity index (χ4n) is 2.21. The van der Waals surface area contributed by atoms with E-state index in [0.717, 1.165) is 18.7 Å². The van der Waals surface area contributed by atoms with Gasteiger partial charge < -0.3 is 9.64 Å². The molecule has 0 aliphatic rings. The summed E-state index contributed by atoms with van der Waals surface area (Å²) in [5.74, 6) is 0.905. The van der Waals surface area contributed by atoms with Gasteiger partial charge in [0.2, 0.25) is 0 Å². The van der Waals surface area contributed by atoms with Gasteiger partial charge in [-0.25, -0.2) is 0 Å². The summed E-state index contributed by atoms with van der Waals surface area (Å²) in [6, 6.07) is 17.5. The maximum Gasteiger partial charge on any atom is 0.123 e. The zero-order chi connectivity index (χ0) is 13.7. The average molecular weight is 254 g/mol. The van der Waals surface area contributed by atoms with Crippen LogP contribution in [-0.2, 0) is 13.0 Å². The minimum atomic E-state index is 0.891. The monoisotopic (exact) mass is 254 g/mol. The van der Waals surface area contributed by atoms with E-state index < -0.39 is 0 Å². The predicted octanol–water partition coefficient (Wildman–Crippen LogP) is 3.15. The first kappa shape index (κ1) is 13.6. The average Bonchev–Trinajstić information content (AvgIpc) is 2.41. The lowest BCUT2D eigenvalue weighted by Crippen LogP contribution is -2.12. The predicted molar refractivity (Wildman–Crippen MR) is 78.5 cm³/mol. The zero-order valence-corrected chi connectivity index (χ0v) is 11.8. The molecule has 0 bridgehead atoms. The number of methoxy groups -OCH3 is 1. The van der Waals surface area contributed by atoms with E-state index in [2.05, 4.69) is 55.4 Å². The summed E-state index contributed by atoms with van der Waals surface area (Å²) in [7, 11) is 5.89. The highest BCUT2D eigenvalue weighted by molar-refractivity contribution is 5.39. The van der Waals surface area contributed by atoms with Crippen LogP contribution >= 0.6 is 0 Å². The molecule has 2 nitrogen and oxygen atoms in total. The Balaban J connectivity index is 2.27. The van der Waals surface area contributed by atoms with Crippen LogP contribution in [0.2, 0.25) is 0 Å². The fourth-order valence-corrected chi connectivity index (χ4v) is 2.21. The molecule has 0 heterocycles. The number of ether oxygens (including phenoxy) is 1. The van der Waals surface area contributed by atoms with Gasteiger partial charge in [0.25, 0.3) is 0 Å². The van der Waals surface area contributed by atoms with Crippen molar-refractivity contribution < 1.29 is 4.74 Å². The molecular formula is C17H20NO. The lowest BCUT2D eigenvalue weighted by atomic mass is 9.99. The second kappa shape index (κ2) is 6.39. The standard InChI is InChI=1S/C17H20NO/c1-18(2)13-16-10-5-4-8-14(16)12-15-9-6-7-11-17(15)19-3/h4-6,8-11H,12-13H2,1-3H3. The Bertz CT molecular complexity index is 534. The van der Waals surface area contributed by atoms with E-state index in [-0.39, 0.29) is 0 Å². The van der Waals surface area contributed by atoms with E-state index in [1.165, 1.54) is 16.7 Å². The highest BCUT2D eigenvalue weighted by Gasteiger charge is 2.07. The molecule has 2 aromatic rings. The van der Waals surface area contributed by atoms with Crippen LogP contribution in [0.4, 0.5) is 0 Å². The second-order valence-electron chi connectivity index (χ2n) is 4.92. The van der Waals surface area contributed by atoms with Crippen LogP contribution < -0.4 is 4.74 Å². The molecule has 99 valence electrons. The third-order valence-corrected chi connectivity index (χ3v) is 3.12. The van der Waals surface area contributed by atoms with Crippen LogP contribution in [-0.4, -0.2) is 26.1 Å². The highest BCUT2D eigenvalue weighted by Crippen LogP contribution is 2.22. The van der Waals surface area contributed by atoms with Crippen molar-refractivity contribution in [1.82, 2.24) is 4.90 Å². The summed E-state index contributed by atoms with van der Waals surface area (Å²) < 4.78 is 5.40. The lowest BCUT2D eigenvalue weighted by Gasteiger charge is -2.15. The molecule has 0 aromatic heterocycles. The molecule has 0 spiro atoms. The minimum Gasteiger partial charge on any atom is -0.496 e. The van der Waals surface area contributed by atoms with Crippen LogP contribution in [0.25, 0.3) is 0 Å². The molecule has 2 rings (SSSR count). The Morgan fingerprint density at radius 3 is 2.47 bits per heavy atom. The van der Waals surface area contributed by atoms with Crippen molar-refractivity contribution in [3.63, 3.8) is 0 Å². The van der Waals surface area contributed by atoms with E-state index in [0.29, 0.717) is 0 Å². The quantitative estimate of drug-likeness (QED) is 0.812. The molecule has 19 heavy (non-hydrogen) atoms. The summed E-state index contributed by atoms with van der Waals surface area (Å²) in [4.78, 5) is 2.19. The van der Waals surface area contributed by atoms with Gasteiger partial charge in [-0.15, -0.1) is 0 Å². The largest absolute Gasteiger partial charge is 0.496 e. The van der Waals surface area contributed by atoms with E-state index in [4.69, 9.17) is 4.74 Å². The summed E-state index contributed by atoms with van der Waals surface area (Å²) >= 11 is 0. The van der Waals surface area contributed by atoms with E-state index in [1.807, 2.05) is 12.1 Å². The third kappa shape index (κ3) is 3.58. The van der Waals surface area contributed by atoms with Crippen LogP contribution in [0.5, 0.6) is 5.75 Å². The molecule has 0 N–H and O–H groups in total. The minimum absolute atomic E-state index is 0.891. The molecule has 0 fully saturated rings. The molecule has 0 aliphatic heterocycles. The van der Waals surface area contributed by atoms with Crippen LogP contribution in [0, 0.1) is 6.07 Å². The first-order valence-electron chi connectivity index (χ1n) is 6.45. The summed E-state index contributed by atoms with van der Waals surface area (Å²) in [5.41, 5.74) is 3.91. The van der Waals surface area contributed by atoms with E-state index in [1.54, 1.807) is 7.11 Å². The van der Waals surface area contributed by atoms with Crippen molar-refractivity contribution in [2.75, 3.05) is 21.2 Å². The fraction of sp³-hybridized carbons (Fsp3) is 0.294. The maximum atomic E-state index is 5.40. The molecule has 1 radical (unpaired) electrons.